The van der Waals surface area contributed by atoms with Crippen LogP contribution in [-0.4, -0.2) is 21.6 Å². The van der Waals surface area contributed by atoms with Gasteiger partial charge in [-0.25, -0.2) is 4.98 Å². The van der Waals surface area contributed by atoms with Crippen LogP contribution in [0.25, 0.3) is 21.8 Å². The molecule has 4 heteroatoms. The molecule has 3 rings (SSSR count). The Bertz CT molecular complexity index is 660. The fourth-order valence-electron chi connectivity index (χ4n) is 1.91. The Balaban J connectivity index is 2.16. The highest BCUT2D eigenvalue weighted by atomic mass is 16.5. The number of nitrogens with one attached hydrogen (secondary N) is 1. The van der Waals surface area contributed by atoms with Crippen LogP contribution in [0.1, 0.15) is 13.3 Å². The fourth-order valence-corrected chi connectivity index (χ4v) is 1.91. The highest BCUT2D eigenvalue weighted by Crippen LogP contribution is 2.26. The topological polar surface area (TPSA) is 50.8 Å². The van der Waals surface area contributed by atoms with E-state index in [9.17, 15) is 0 Å². The molecule has 0 atom stereocenters. The number of aromatic nitrogens is 3. The molecule has 0 aliphatic carbocycles. The minimum atomic E-state index is 0.670. The van der Waals surface area contributed by atoms with Gasteiger partial charge in [0.05, 0.1) is 18.3 Å². The first-order chi connectivity index (χ1) is 8.38. The van der Waals surface area contributed by atoms with E-state index in [4.69, 9.17) is 4.74 Å². The van der Waals surface area contributed by atoms with E-state index < -0.39 is 0 Å². The predicted molar refractivity (Wildman–Crippen MR) is 67.2 cm³/mol. The Labute approximate surface area is 98.7 Å². The lowest BCUT2D eigenvalue weighted by Gasteiger charge is -2.02. The molecule has 0 saturated heterocycles. The van der Waals surface area contributed by atoms with Gasteiger partial charge in [0.15, 0.2) is 0 Å². The predicted octanol–water partition coefficient (Wildman–Crippen LogP) is 2.90. The van der Waals surface area contributed by atoms with Crippen molar-refractivity contribution in [2.24, 2.45) is 0 Å². The molecule has 0 aliphatic rings. The van der Waals surface area contributed by atoms with Gasteiger partial charge in [0.25, 0.3) is 0 Å². The number of pyridine rings is 2. The van der Waals surface area contributed by atoms with Crippen molar-refractivity contribution >= 4 is 21.8 Å². The van der Waals surface area contributed by atoms with E-state index in [0.717, 1.165) is 28.2 Å². The second-order valence-electron chi connectivity index (χ2n) is 3.96. The molecule has 0 bridgehead atoms. The van der Waals surface area contributed by atoms with Gasteiger partial charge >= 0.3 is 0 Å². The van der Waals surface area contributed by atoms with E-state index in [2.05, 4.69) is 21.9 Å². The second-order valence-corrected chi connectivity index (χ2v) is 3.96. The summed E-state index contributed by atoms with van der Waals surface area (Å²) in [6.07, 6.45) is 6.42. The van der Waals surface area contributed by atoms with Crippen LogP contribution in [0.2, 0.25) is 0 Å². The number of hydrogen-bond acceptors (Lipinski definition) is 3. The van der Waals surface area contributed by atoms with Crippen LogP contribution in [0.3, 0.4) is 0 Å². The smallest absolute Gasteiger partial charge is 0.213 e. The molecular weight excluding hydrogens is 214 g/mol. The molecule has 0 unspecified atom stereocenters. The van der Waals surface area contributed by atoms with Gasteiger partial charge < -0.3 is 9.72 Å². The van der Waals surface area contributed by atoms with Gasteiger partial charge in [-0.3, -0.25) is 4.98 Å². The molecular formula is C13H13N3O. The summed E-state index contributed by atoms with van der Waals surface area (Å²) in [5, 5.41) is 2.21. The molecule has 3 aromatic heterocycles. The zero-order valence-corrected chi connectivity index (χ0v) is 9.60. The van der Waals surface area contributed by atoms with Crippen molar-refractivity contribution in [3.63, 3.8) is 0 Å². The molecule has 0 radical (unpaired) electrons. The van der Waals surface area contributed by atoms with E-state index in [0.29, 0.717) is 12.5 Å². The van der Waals surface area contributed by atoms with Gasteiger partial charge in [0.2, 0.25) is 5.88 Å². The molecule has 0 amide bonds. The normalized spacial score (nSPS) is 11.1. The first-order valence-electron chi connectivity index (χ1n) is 5.72. The zero-order chi connectivity index (χ0) is 11.7. The van der Waals surface area contributed by atoms with Gasteiger partial charge in [-0.15, -0.1) is 0 Å². The maximum absolute atomic E-state index is 5.54. The minimum absolute atomic E-state index is 0.670. The third kappa shape index (κ3) is 1.71. The van der Waals surface area contributed by atoms with Crippen molar-refractivity contribution in [3.8, 4) is 5.88 Å². The van der Waals surface area contributed by atoms with Crippen molar-refractivity contribution in [2.45, 2.75) is 13.3 Å². The van der Waals surface area contributed by atoms with Crippen molar-refractivity contribution in [1.82, 2.24) is 15.0 Å². The Morgan fingerprint density at radius 3 is 3.06 bits per heavy atom. The Morgan fingerprint density at radius 1 is 1.24 bits per heavy atom. The summed E-state index contributed by atoms with van der Waals surface area (Å²) in [4.78, 5) is 11.7. The first-order valence-corrected chi connectivity index (χ1v) is 5.72. The Morgan fingerprint density at radius 2 is 2.18 bits per heavy atom. The van der Waals surface area contributed by atoms with Crippen molar-refractivity contribution in [3.05, 3.63) is 30.7 Å². The molecule has 86 valence electrons. The van der Waals surface area contributed by atoms with E-state index in [-0.39, 0.29) is 0 Å². The lowest BCUT2D eigenvalue weighted by atomic mass is 10.2. The molecule has 4 nitrogen and oxygen atoms in total. The van der Waals surface area contributed by atoms with Crippen LogP contribution in [-0.2, 0) is 0 Å². The summed E-state index contributed by atoms with van der Waals surface area (Å²) >= 11 is 0. The molecule has 0 aromatic carbocycles. The van der Waals surface area contributed by atoms with Crippen molar-refractivity contribution < 1.29 is 4.74 Å². The van der Waals surface area contributed by atoms with Crippen LogP contribution in [0.4, 0.5) is 0 Å². The summed E-state index contributed by atoms with van der Waals surface area (Å²) in [6.45, 7) is 2.77. The second kappa shape index (κ2) is 4.05. The fraction of sp³-hybridized carbons (Fsp3) is 0.231. The number of nitrogens with zero attached hydrogens (tertiary/aromatic N) is 2. The molecule has 0 saturated carbocycles. The lowest BCUT2D eigenvalue weighted by molar-refractivity contribution is 0.306. The lowest BCUT2D eigenvalue weighted by Crippen LogP contribution is -1.96. The summed E-state index contributed by atoms with van der Waals surface area (Å²) in [7, 11) is 0. The molecule has 1 N–H and O–H groups in total. The number of aromatic amines is 1. The Kier molecular flexibility index (Phi) is 2.40. The largest absolute Gasteiger partial charge is 0.478 e. The number of H-pyrrole nitrogens is 1. The summed E-state index contributed by atoms with van der Waals surface area (Å²) < 4.78 is 5.54. The minimum Gasteiger partial charge on any atom is -0.478 e. The molecule has 0 fully saturated rings. The van der Waals surface area contributed by atoms with E-state index >= 15 is 0 Å². The molecule has 0 aliphatic heterocycles. The monoisotopic (exact) mass is 227 g/mol. The highest BCUT2D eigenvalue weighted by molar-refractivity contribution is 6.06. The maximum Gasteiger partial charge on any atom is 0.213 e. The van der Waals surface area contributed by atoms with Gasteiger partial charge in [-0.1, -0.05) is 6.92 Å². The number of rotatable bonds is 3. The van der Waals surface area contributed by atoms with E-state index in [1.807, 2.05) is 18.3 Å². The van der Waals surface area contributed by atoms with Crippen LogP contribution >= 0.6 is 0 Å². The number of ether oxygens (including phenoxy) is 1. The van der Waals surface area contributed by atoms with Crippen LogP contribution in [0.15, 0.2) is 30.7 Å². The standard InChI is InChI=1S/C13H13N3O/c1-2-5-17-13-6-9-10-7-14-4-3-11(10)16-12(9)8-15-13/h3-4,6-8,16H,2,5H2,1H3. The van der Waals surface area contributed by atoms with Crippen LogP contribution < -0.4 is 4.74 Å². The number of fused-ring (bicyclic) bond motifs is 3. The molecule has 17 heavy (non-hydrogen) atoms. The third-order valence-corrected chi connectivity index (χ3v) is 2.71. The van der Waals surface area contributed by atoms with Crippen LogP contribution in [0.5, 0.6) is 5.88 Å². The highest BCUT2D eigenvalue weighted by Gasteiger charge is 2.06. The Hall–Kier alpha value is -2.10. The quantitative estimate of drug-likeness (QED) is 0.748. The van der Waals surface area contributed by atoms with Gasteiger partial charge in [-0.2, -0.15) is 0 Å². The van der Waals surface area contributed by atoms with Crippen molar-refractivity contribution in [2.75, 3.05) is 6.61 Å². The summed E-state index contributed by atoms with van der Waals surface area (Å²) in [5.41, 5.74) is 2.08. The molecule has 0 spiro atoms. The van der Waals surface area contributed by atoms with Crippen molar-refractivity contribution in [1.29, 1.82) is 0 Å². The summed E-state index contributed by atoms with van der Waals surface area (Å²) in [6, 6.07) is 3.92. The number of hydrogen-bond donors (Lipinski definition) is 1. The molecule has 3 heterocycles. The van der Waals surface area contributed by atoms with E-state index in [1.54, 1.807) is 12.4 Å². The first kappa shape index (κ1) is 10.1. The van der Waals surface area contributed by atoms with Crippen LogP contribution in [0, 0.1) is 0 Å². The zero-order valence-electron chi connectivity index (χ0n) is 9.60. The third-order valence-electron chi connectivity index (χ3n) is 2.71. The van der Waals surface area contributed by atoms with Gasteiger partial charge in [0.1, 0.15) is 0 Å². The average Bonchev–Trinajstić information content (AvgIpc) is 2.74. The van der Waals surface area contributed by atoms with Gasteiger partial charge in [-0.05, 0) is 12.5 Å². The van der Waals surface area contributed by atoms with E-state index in [1.165, 1.54) is 0 Å². The summed E-state index contributed by atoms with van der Waals surface area (Å²) in [5.74, 6) is 0.670. The van der Waals surface area contributed by atoms with Gasteiger partial charge in [0, 0.05) is 34.7 Å². The average molecular weight is 227 g/mol. The SMILES string of the molecule is CCCOc1cc2c(cn1)[nH]c1ccncc12. The maximum atomic E-state index is 5.54. The molecule has 3 aromatic rings.